The summed E-state index contributed by atoms with van der Waals surface area (Å²) in [6.45, 7) is 4.94. The van der Waals surface area contributed by atoms with Crippen LogP contribution in [0, 0.1) is 6.08 Å². The second kappa shape index (κ2) is 11.8. The summed E-state index contributed by atoms with van der Waals surface area (Å²) in [5.74, 6) is 0. The summed E-state index contributed by atoms with van der Waals surface area (Å²) < 4.78 is 5.41. The maximum Gasteiger partial charge on any atom is 3.00 e. The van der Waals surface area contributed by atoms with Crippen LogP contribution in [0.4, 0.5) is 0 Å². The number of ether oxygens (including phenoxy) is 1. The Hall–Kier alpha value is 0.734. The van der Waals surface area contributed by atoms with E-state index in [1.807, 2.05) is 0 Å². The van der Waals surface area contributed by atoms with Gasteiger partial charge < -0.3 is 29.6 Å². The van der Waals surface area contributed by atoms with E-state index in [0.29, 0.717) is 6.10 Å². The van der Waals surface area contributed by atoms with Crippen molar-refractivity contribution in [2.75, 3.05) is 6.61 Å². The van der Waals surface area contributed by atoms with Crippen molar-refractivity contribution in [1.82, 2.24) is 0 Å². The van der Waals surface area contributed by atoms with Crippen molar-refractivity contribution in [3.8, 4) is 0 Å². The Morgan fingerprint density at radius 1 is 1.43 bits per heavy atom. The average Bonchev–Trinajstić information content (AvgIpc) is 2.39. The molecule has 1 rings (SSSR count). The molecule has 0 aliphatic heterocycles. The van der Waals surface area contributed by atoms with Crippen molar-refractivity contribution in [2.45, 2.75) is 32.8 Å². The SMILES string of the molecule is CC(C)OCCC1=[C-]CC=C1.[Cl-].[Cl-].[Ti+3]. The first-order valence-corrected chi connectivity index (χ1v) is 4.17. The van der Waals surface area contributed by atoms with Crippen molar-refractivity contribution in [3.63, 3.8) is 0 Å². The van der Waals surface area contributed by atoms with Crippen LogP contribution in [-0.4, -0.2) is 12.7 Å². The first-order chi connectivity index (χ1) is 5.29. The monoisotopic (exact) mass is 269 g/mol. The van der Waals surface area contributed by atoms with E-state index < -0.39 is 0 Å². The minimum atomic E-state index is 0. The second-order valence-electron chi connectivity index (χ2n) is 2.98. The number of hydrogen-bond donors (Lipinski definition) is 0. The van der Waals surface area contributed by atoms with Gasteiger partial charge in [-0.25, -0.2) is 11.6 Å². The molecule has 0 unspecified atom stereocenters. The van der Waals surface area contributed by atoms with E-state index in [2.05, 4.69) is 32.1 Å². The van der Waals surface area contributed by atoms with Gasteiger partial charge in [0.1, 0.15) is 0 Å². The number of halogens is 2. The minimum Gasteiger partial charge on any atom is -1.00 e. The van der Waals surface area contributed by atoms with Gasteiger partial charge in [-0.1, -0.05) is 0 Å². The molecule has 0 saturated carbocycles. The van der Waals surface area contributed by atoms with Crippen molar-refractivity contribution in [3.05, 3.63) is 23.8 Å². The van der Waals surface area contributed by atoms with Crippen LogP contribution in [0.5, 0.6) is 0 Å². The molecule has 79 valence electrons. The van der Waals surface area contributed by atoms with Crippen LogP contribution in [-0.2, 0) is 26.5 Å². The average molecular weight is 270 g/mol. The van der Waals surface area contributed by atoms with Crippen LogP contribution in [0.15, 0.2) is 17.7 Å². The Morgan fingerprint density at radius 2 is 2.07 bits per heavy atom. The third-order valence-electron chi connectivity index (χ3n) is 1.59. The fourth-order valence-electron chi connectivity index (χ4n) is 1.03. The summed E-state index contributed by atoms with van der Waals surface area (Å²) >= 11 is 0. The maximum absolute atomic E-state index is 5.41. The Labute approximate surface area is 114 Å². The van der Waals surface area contributed by atoms with Gasteiger partial charge in [-0.3, -0.25) is 6.08 Å². The van der Waals surface area contributed by atoms with E-state index in [4.69, 9.17) is 4.74 Å². The third kappa shape index (κ3) is 9.30. The molecule has 0 N–H and O–H groups in total. The molecule has 1 nitrogen and oxygen atoms in total. The quantitative estimate of drug-likeness (QED) is 0.380. The first kappa shape index (κ1) is 20.2. The predicted molar refractivity (Wildman–Crippen MR) is 46.2 cm³/mol. The predicted octanol–water partition coefficient (Wildman–Crippen LogP) is -3.50. The van der Waals surface area contributed by atoms with Gasteiger partial charge in [0.25, 0.3) is 0 Å². The van der Waals surface area contributed by atoms with Crippen molar-refractivity contribution < 1.29 is 51.3 Å². The molecule has 0 aromatic heterocycles. The van der Waals surface area contributed by atoms with Gasteiger partial charge >= 0.3 is 21.7 Å². The second-order valence-corrected chi connectivity index (χ2v) is 2.98. The number of rotatable bonds is 4. The van der Waals surface area contributed by atoms with Crippen LogP contribution in [0.25, 0.3) is 0 Å². The smallest absolute Gasteiger partial charge is 1.00 e. The Morgan fingerprint density at radius 3 is 2.50 bits per heavy atom. The summed E-state index contributed by atoms with van der Waals surface area (Å²) in [7, 11) is 0. The van der Waals surface area contributed by atoms with E-state index in [9.17, 15) is 0 Å². The molecular weight excluding hydrogens is 255 g/mol. The van der Waals surface area contributed by atoms with Crippen LogP contribution < -0.4 is 24.8 Å². The molecular formula is C10H15Cl2OTi. The molecule has 0 saturated heterocycles. The molecule has 4 heteroatoms. The van der Waals surface area contributed by atoms with Gasteiger partial charge in [-0.15, -0.1) is 6.42 Å². The van der Waals surface area contributed by atoms with Crippen molar-refractivity contribution in [2.24, 2.45) is 0 Å². The molecule has 14 heavy (non-hydrogen) atoms. The van der Waals surface area contributed by atoms with Gasteiger partial charge in [-0.05, 0) is 20.3 Å². The molecule has 0 amide bonds. The molecule has 0 fully saturated rings. The Balaban J connectivity index is -0.000000403. The summed E-state index contributed by atoms with van der Waals surface area (Å²) in [5, 5.41) is 0. The van der Waals surface area contributed by atoms with Gasteiger partial charge in [-0.2, -0.15) is 6.08 Å². The van der Waals surface area contributed by atoms with E-state index in [1.165, 1.54) is 5.57 Å². The maximum atomic E-state index is 5.41. The summed E-state index contributed by atoms with van der Waals surface area (Å²) in [5.41, 5.74) is 1.30. The number of allylic oxidation sites excluding steroid dienone is 3. The molecule has 0 spiro atoms. The summed E-state index contributed by atoms with van der Waals surface area (Å²) in [6.07, 6.45) is 9.85. The van der Waals surface area contributed by atoms with Gasteiger partial charge in [0, 0.05) is 6.61 Å². The van der Waals surface area contributed by atoms with E-state index in [-0.39, 0.29) is 46.5 Å². The Kier molecular flexibility index (Phi) is 17.0. The molecule has 1 radical (unpaired) electrons. The summed E-state index contributed by atoms with van der Waals surface area (Å²) in [4.78, 5) is 0. The first-order valence-electron chi connectivity index (χ1n) is 4.17. The van der Waals surface area contributed by atoms with Crippen molar-refractivity contribution >= 4 is 0 Å². The summed E-state index contributed by atoms with van der Waals surface area (Å²) in [6, 6.07) is 0. The molecule has 0 heterocycles. The molecule has 0 aromatic carbocycles. The standard InChI is InChI=1S/C10H15O.2ClH.Ti/c1-9(2)11-8-7-10-5-3-4-6-10;;;/h3,5,9H,4,7-8H2,1-2H3;2*1H;/q-1;;;+3/p-2. The zero-order valence-electron chi connectivity index (χ0n) is 8.52. The van der Waals surface area contributed by atoms with Crippen LogP contribution in [0.1, 0.15) is 26.7 Å². The third-order valence-corrected chi connectivity index (χ3v) is 1.59. The minimum absolute atomic E-state index is 0. The van der Waals surface area contributed by atoms with Gasteiger partial charge in [0.2, 0.25) is 0 Å². The van der Waals surface area contributed by atoms with Gasteiger partial charge in [0.05, 0.1) is 6.10 Å². The van der Waals surface area contributed by atoms with Crippen LogP contribution in [0.2, 0.25) is 0 Å². The van der Waals surface area contributed by atoms with Crippen LogP contribution >= 0.6 is 0 Å². The van der Waals surface area contributed by atoms with Crippen LogP contribution in [0.3, 0.4) is 0 Å². The topological polar surface area (TPSA) is 9.23 Å². The molecule has 1 aliphatic carbocycles. The molecule has 0 bridgehead atoms. The Bertz CT molecular complexity index is 179. The van der Waals surface area contributed by atoms with E-state index in [1.54, 1.807) is 0 Å². The van der Waals surface area contributed by atoms with Crippen molar-refractivity contribution in [1.29, 1.82) is 0 Å². The normalized spacial score (nSPS) is 12.6. The largest absolute Gasteiger partial charge is 3.00 e. The molecule has 0 aromatic rings. The zero-order valence-corrected chi connectivity index (χ0v) is 11.6. The zero-order chi connectivity index (χ0) is 8.10. The molecule has 0 atom stereocenters. The van der Waals surface area contributed by atoms with Gasteiger partial charge in [0.15, 0.2) is 0 Å². The number of hydrogen-bond acceptors (Lipinski definition) is 1. The van der Waals surface area contributed by atoms with E-state index in [0.717, 1.165) is 19.4 Å². The fourth-order valence-corrected chi connectivity index (χ4v) is 1.03. The van der Waals surface area contributed by atoms with E-state index >= 15 is 0 Å². The fraction of sp³-hybridized carbons (Fsp3) is 0.600. The molecule has 1 aliphatic rings.